The number of pyridine rings is 1. The maximum atomic E-state index is 12.1. The fraction of sp³-hybridized carbons (Fsp3) is 0.455. The number of nitrogens with one attached hydrogen (secondary N) is 1. The van der Waals surface area contributed by atoms with E-state index in [0.29, 0.717) is 18.0 Å². The van der Waals surface area contributed by atoms with Gasteiger partial charge in [-0.15, -0.1) is 0 Å². The van der Waals surface area contributed by atoms with E-state index < -0.39 is 10.2 Å². The molecule has 0 amide bonds. The van der Waals surface area contributed by atoms with Gasteiger partial charge in [0.05, 0.1) is 4.99 Å². The molecule has 0 aliphatic heterocycles. The summed E-state index contributed by atoms with van der Waals surface area (Å²) in [5, 5.41) is 0. The van der Waals surface area contributed by atoms with Crippen molar-refractivity contribution >= 4 is 27.4 Å². The van der Waals surface area contributed by atoms with E-state index in [-0.39, 0.29) is 13.1 Å². The van der Waals surface area contributed by atoms with Crippen LogP contribution in [0.1, 0.15) is 18.9 Å². The second kappa shape index (κ2) is 7.49. The van der Waals surface area contributed by atoms with Crippen LogP contribution in [0.25, 0.3) is 0 Å². The van der Waals surface area contributed by atoms with Gasteiger partial charge in [-0.05, 0) is 11.6 Å². The summed E-state index contributed by atoms with van der Waals surface area (Å²) >= 11 is 4.79. The van der Waals surface area contributed by atoms with Crippen LogP contribution < -0.4 is 10.5 Å². The molecule has 1 heterocycles. The highest BCUT2D eigenvalue weighted by atomic mass is 32.2. The molecule has 8 heteroatoms. The van der Waals surface area contributed by atoms with Crippen molar-refractivity contribution < 1.29 is 8.42 Å². The summed E-state index contributed by atoms with van der Waals surface area (Å²) in [7, 11) is -3.53. The molecule has 0 aliphatic carbocycles. The Morgan fingerprint density at radius 3 is 2.84 bits per heavy atom. The lowest BCUT2D eigenvalue weighted by Gasteiger charge is -2.21. The van der Waals surface area contributed by atoms with Crippen molar-refractivity contribution in [2.45, 2.75) is 19.9 Å². The number of nitrogens with zero attached hydrogens (tertiary/aromatic N) is 2. The molecular formula is C11H18N4O2S2. The molecule has 6 nitrogen and oxygen atoms in total. The summed E-state index contributed by atoms with van der Waals surface area (Å²) in [5.41, 5.74) is 6.24. The fourth-order valence-electron chi connectivity index (χ4n) is 1.49. The van der Waals surface area contributed by atoms with E-state index in [4.69, 9.17) is 18.0 Å². The van der Waals surface area contributed by atoms with E-state index in [0.717, 1.165) is 5.56 Å². The zero-order valence-corrected chi connectivity index (χ0v) is 12.4. The molecule has 0 aromatic carbocycles. The van der Waals surface area contributed by atoms with Gasteiger partial charge in [-0.2, -0.15) is 12.7 Å². The number of thiocarbonyl (C=S) groups is 1. The number of hydrogen-bond donors (Lipinski definition) is 2. The predicted octanol–water partition coefficient (Wildman–Crippen LogP) is 0.414. The molecule has 1 rings (SSSR count). The minimum absolute atomic E-state index is 0.242. The number of hydrogen-bond acceptors (Lipinski definition) is 4. The van der Waals surface area contributed by atoms with Gasteiger partial charge in [-0.3, -0.25) is 4.98 Å². The Morgan fingerprint density at radius 2 is 2.32 bits per heavy atom. The molecule has 0 radical (unpaired) electrons. The summed E-state index contributed by atoms with van der Waals surface area (Å²) < 4.78 is 27.9. The average molecular weight is 302 g/mol. The molecule has 3 N–H and O–H groups in total. The molecule has 0 spiro atoms. The van der Waals surface area contributed by atoms with E-state index in [1.807, 2.05) is 6.07 Å². The van der Waals surface area contributed by atoms with Gasteiger partial charge in [-0.1, -0.05) is 25.2 Å². The first kappa shape index (κ1) is 16.0. The molecule has 1 aromatic rings. The summed E-state index contributed by atoms with van der Waals surface area (Å²) in [6, 6.07) is 3.59. The highest BCUT2D eigenvalue weighted by molar-refractivity contribution is 7.87. The summed E-state index contributed by atoms with van der Waals surface area (Å²) in [5.74, 6) is 0. The van der Waals surface area contributed by atoms with Crippen molar-refractivity contribution in [2.24, 2.45) is 5.73 Å². The summed E-state index contributed by atoms with van der Waals surface area (Å²) in [4.78, 5) is 4.26. The van der Waals surface area contributed by atoms with Gasteiger partial charge >= 0.3 is 0 Å². The molecule has 19 heavy (non-hydrogen) atoms. The number of nitrogens with two attached hydrogens (primary N) is 1. The SMILES string of the molecule is CCNS(=O)(=O)N(CCC(N)=S)Cc1cccnc1. The highest BCUT2D eigenvalue weighted by Crippen LogP contribution is 2.08. The van der Waals surface area contributed by atoms with Crippen LogP contribution in [0, 0.1) is 0 Å². The Bertz CT molecular complexity index is 505. The van der Waals surface area contributed by atoms with Crippen molar-refractivity contribution in [1.82, 2.24) is 14.0 Å². The van der Waals surface area contributed by atoms with Crippen molar-refractivity contribution in [3.63, 3.8) is 0 Å². The second-order valence-electron chi connectivity index (χ2n) is 3.91. The van der Waals surface area contributed by atoms with Crippen LogP contribution in [0.4, 0.5) is 0 Å². The van der Waals surface area contributed by atoms with Gasteiger partial charge in [0.25, 0.3) is 10.2 Å². The Labute approximate surface area is 119 Å². The van der Waals surface area contributed by atoms with E-state index >= 15 is 0 Å². The Balaban J connectivity index is 2.83. The molecule has 0 saturated carbocycles. The maximum Gasteiger partial charge on any atom is 0.279 e. The van der Waals surface area contributed by atoms with Gasteiger partial charge in [-0.25, -0.2) is 4.72 Å². The summed E-state index contributed by atoms with van der Waals surface area (Å²) in [6.07, 6.45) is 3.62. The van der Waals surface area contributed by atoms with E-state index in [2.05, 4.69) is 9.71 Å². The number of aromatic nitrogens is 1. The zero-order chi connectivity index (χ0) is 14.3. The van der Waals surface area contributed by atoms with Crippen molar-refractivity contribution in [1.29, 1.82) is 0 Å². The molecule has 0 saturated heterocycles. The van der Waals surface area contributed by atoms with Gasteiger partial charge in [0.15, 0.2) is 0 Å². The molecule has 0 bridgehead atoms. The van der Waals surface area contributed by atoms with Crippen molar-refractivity contribution in [2.75, 3.05) is 13.1 Å². The smallest absolute Gasteiger partial charge is 0.279 e. The van der Waals surface area contributed by atoms with Crippen LogP contribution in [0.2, 0.25) is 0 Å². The first-order valence-corrected chi connectivity index (χ1v) is 7.72. The normalized spacial score (nSPS) is 11.7. The first-order valence-electron chi connectivity index (χ1n) is 5.87. The van der Waals surface area contributed by atoms with Crippen LogP contribution in [0.3, 0.4) is 0 Å². The van der Waals surface area contributed by atoms with E-state index in [9.17, 15) is 8.42 Å². The van der Waals surface area contributed by atoms with Gasteiger partial charge in [0.1, 0.15) is 0 Å². The third-order valence-corrected chi connectivity index (χ3v) is 4.21. The third-order valence-electron chi connectivity index (χ3n) is 2.36. The topological polar surface area (TPSA) is 88.3 Å². The molecule has 106 valence electrons. The lowest BCUT2D eigenvalue weighted by Crippen LogP contribution is -2.41. The van der Waals surface area contributed by atoms with E-state index in [1.54, 1.807) is 25.4 Å². The molecule has 0 unspecified atom stereocenters. The van der Waals surface area contributed by atoms with E-state index in [1.165, 1.54) is 4.31 Å². The molecular weight excluding hydrogens is 284 g/mol. The lowest BCUT2D eigenvalue weighted by atomic mass is 10.3. The largest absolute Gasteiger partial charge is 0.393 e. The first-order chi connectivity index (χ1) is 8.95. The standard InChI is InChI=1S/C11H18N4O2S2/c1-2-14-19(16,17)15(7-5-11(12)18)9-10-4-3-6-13-8-10/h3-4,6,8,14H,2,5,7,9H2,1H3,(H2,12,18). The quantitative estimate of drug-likeness (QED) is 0.679. The van der Waals surface area contributed by atoms with Crippen LogP contribution in [-0.2, 0) is 16.8 Å². The van der Waals surface area contributed by atoms with Crippen molar-refractivity contribution in [3.8, 4) is 0 Å². The Morgan fingerprint density at radius 1 is 1.58 bits per heavy atom. The molecule has 0 atom stereocenters. The van der Waals surface area contributed by atoms with Gasteiger partial charge < -0.3 is 5.73 Å². The minimum Gasteiger partial charge on any atom is -0.393 e. The Kier molecular flexibility index (Phi) is 6.29. The minimum atomic E-state index is -3.53. The van der Waals surface area contributed by atoms with Crippen LogP contribution in [0.5, 0.6) is 0 Å². The molecule has 1 aromatic heterocycles. The Hall–Kier alpha value is -1.09. The predicted molar refractivity (Wildman–Crippen MR) is 78.6 cm³/mol. The van der Waals surface area contributed by atoms with Gasteiger partial charge in [0, 0.05) is 38.4 Å². The van der Waals surface area contributed by atoms with Crippen LogP contribution in [0.15, 0.2) is 24.5 Å². The third kappa shape index (κ3) is 5.60. The van der Waals surface area contributed by atoms with Crippen molar-refractivity contribution in [3.05, 3.63) is 30.1 Å². The fourth-order valence-corrected chi connectivity index (χ4v) is 2.78. The average Bonchev–Trinajstić information content (AvgIpc) is 2.35. The monoisotopic (exact) mass is 302 g/mol. The molecule has 0 aliphatic rings. The van der Waals surface area contributed by atoms with Crippen LogP contribution in [-0.4, -0.2) is 35.8 Å². The second-order valence-corrected chi connectivity index (χ2v) is 6.19. The maximum absolute atomic E-state index is 12.1. The van der Waals surface area contributed by atoms with Gasteiger partial charge in [0.2, 0.25) is 0 Å². The highest BCUT2D eigenvalue weighted by Gasteiger charge is 2.21. The summed E-state index contributed by atoms with van der Waals surface area (Å²) in [6.45, 7) is 2.55. The lowest BCUT2D eigenvalue weighted by molar-refractivity contribution is 0.407. The number of rotatable bonds is 8. The van der Waals surface area contributed by atoms with Crippen LogP contribution >= 0.6 is 12.2 Å². The zero-order valence-electron chi connectivity index (χ0n) is 10.7. The molecule has 0 fully saturated rings.